The second-order valence-corrected chi connectivity index (χ2v) is 7.99. The van der Waals surface area contributed by atoms with Gasteiger partial charge in [0.15, 0.2) is 5.96 Å². The third kappa shape index (κ3) is 5.32. The average Bonchev–Trinajstić information content (AvgIpc) is 3.34. The number of likely N-dealkylation sites (N-methyl/N-ethyl adjacent to an activating group) is 1. The minimum absolute atomic E-state index is 0. The maximum atomic E-state index is 14.7. The van der Waals surface area contributed by atoms with Crippen LogP contribution in [-0.4, -0.2) is 68.9 Å². The molecule has 1 aromatic rings. The molecule has 3 atom stereocenters. The van der Waals surface area contributed by atoms with Crippen LogP contribution >= 0.6 is 24.0 Å². The van der Waals surface area contributed by atoms with Gasteiger partial charge in [-0.25, -0.2) is 4.39 Å². The topological polar surface area (TPSA) is 52.1 Å². The number of piperazine rings is 1. The minimum Gasteiger partial charge on any atom is -0.373 e. The molecule has 0 radical (unpaired) electrons. The number of nitrogens with one attached hydrogen (secondary N) is 2. The van der Waals surface area contributed by atoms with Gasteiger partial charge in [0.2, 0.25) is 0 Å². The molecular formula is C21H33FIN5O. The number of fused-ring (bicyclic) bond motifs is 2. The minimum atomic E-state index is -0.145. The van der Waals surface area contributed by atoms with Crippen LogP contribution in [0.5, 0.6) is 0 Å². The van der Waals surface area contributed by atoms with Crippen molar-refractivity contribution in [2.45, 2.75) is 51.0 Å². The van der Waals surface area contributed by atoms with Crippen LogP contribution in [-0.2, 0) is 11.3 Å². The molecule has 29 heavy (non-hydrogen) atoms. The Hall–Kier alpha value is -1.13. The number of aliphatic imine (C=N–C) groups is 1. The molecule has 3 aliphatic rings. The molecule has 2 N–H and O–H groups in total. The lowest BCUT2D eigenvalue weighted by atomic mass is 9.96. The summed E-state index contributed by atoms with van der Waals surface area (Å²) in [5, 5.41) is 6.77. The van der Waals surface area contributed by atoms with E-state index in [0.717, 1.165) is 57.1 Å². The molecule has 0 aliphatic carbocycles. The monoisotopic (exact) mass is 517 g/mol. The van der Waals surface area contributed by atoms with Gasteiger partial charge in [0, 0.05) is 39.8 Å². The van der Waals surface area contributed by atoms with Crippen LogP contribution in [0.1, 0.15) is 31.7 Å². The van der Waals surface area contributed by atoms with Gasteiger partial charge in [-0.05, 0) is 43.5 Å². The predicted molar refractivity (Wildman–Crippen MR) is 126 cm³/mol. The lowest BCUT2D eigenvalue weighted by molar-refractivity contribution is 0.0992. The third-order valence-corrected chi connectivity index (χ3v) is 6.28. The molecule has 2 bridgehead atoms. The van der Waals surface area contributed by atoms with E-state index in [4.69, 9.17) is 4.74 Å². The zero-order chi connectivity index (χ0) is 19.5. The van der Waals surface area contributed by atoms with Crippen molar-refractivity contribution in [3.05, 3.63) is 29.6 Å². The van der Waals surface area contributed by atoms with E-state index in [1.165, 1.54) is 6.42 Å². The van der Waals surface area contributed by atoms with Crippen LogP contribution in [0.15, 0.2) is 23.2 Å². The number of ether oxygens (including phenoxy) is 1. The van der Waals surface area contributed by atoms with Crippen LogP contribution in [0.25, 0.3) is 0 Å². The Bertz CT molecular complexity index is 710. The van der Waals surface area contributed by atoms with Gasteiger partial charge in [-0.15, -0.1) is 24.0 Å². The largest absolute Gasteiger partial charge is 0.373 e. The molecule has 6 nitrogen and oxygen atoms in total. The van der Waals surface area contributed by atoms with E-state index in [0.29, 0.717) is 30.5 Å². The van der Waals surface area contributed by atoms with Crippen LogP contribution in [0, 0.1) is 5.82 Å². The summed E-state index contributed by atoms with van der Waals surface area (Å²) in [7, 11) is 1.77. The summed E-state index contributed by atoms with van der Waals surface area (Å²) in [4.78, 5) is 8.85. The van der Waals surface area contributed by atoms with Gasteiger partial charge >= 0.3 is 0 Å². The van der Waals surface area contributed by atoms with Gasteiger partial charge in [-0.2, -0.15) is 0 Å². The Morgan fingerprint density at radius 3 is 2.62 bits per heavy atom. The molecule has 3 aliphatic heterocycles. The number of rotatable bonds is 5. The highest BCUT2D eigenvalue weighted by molar-refractivity contribution is 14.0. The van der Waals surface area contributed by atoms with Crippen molar-refractivity contribution in [2.75, 3.05) is 44.7 Å². The number of anilines is 1. The number of guanidine groups is 1. The molecule has 0 amide bonds. The predicted octanol–water partition coefficient (Wildman–Crippen LogP) is 2.57. The van der Waals surface area contributed by atoms with E-state index in [9.17, 15) is 4.39 Å². The first kappa shape index (κ1) is 22.6. The molecule has 0 spiro atoms. The van der Waals surface area contributed by atoms with Crippen LogP contribution in [0.4, 0.5) is 10.1 Å². The van der Waals surface area contributed by atoms with Crippen molar-refractivity contribution < 1.29 is 9.13 Å². The Kier molecular flexibility index (Phi) is 7.98. The standard InChI is InChI=1S/C21H32FN5O.HI/c1-3-26-8-10-27(11-9-26)19-6-4-15(12-17(19)22)14-24-21(23-2)25-18-13-16-5-7-20(18)28-16;/h4,6,12,16,18,20H,3,5,7-11,13-14H2,1-2H3,(H2,23,24,25);1H. The van der Waals surface area contributed by atoms with Gasteiger partial charge < -0.3 is 25.2 Å². The normalized spacial score (nSPS) is 27.1. The molecule has 4 rings (SSSR count). The summed E-state index contributed by atoms with van der Waals surface area (Å²) in [5.74, 6) is 0.606. The van der Waals surface area contributed by atoms with E-state index in [1.54, 1.807) is 13.1 Å². The lowest BCUT2D eigenvalue weighted by Gasteiger charge is -2.35. The Morgan fingerprint density at radius 2 is 2.03 bits per heavy atom. The summed E-state index contributed by atoms with van der Waals surface area (Å²) in [5.41, 5.74) is 1.63. The molecule has 1 aromatic carbocycles. The highest BCUT2D eigenvalue weighted by atomic mass is 127. The first-order chi connectivity index (χ1) is 13.7. The van der Waals surface area contributed by atoms with E-state index in [1.807, 2.05) is 12.1 Å². The smallest absolute Gasteiger partial charge is 0.191 e. The van der Waals surface area contributed by atoms with Gasteiger partial charge in [-0.1, -0.05) is 13.0 Å². The lowest BCUT2D eigenvalue weighted by Crippen LogP contribution is -2.47. The highest BCUT2D eigenvalue weighted by Gasteiger charge is 2.41. The molecule has 0 aromatic heterocycles. The fraction of sp³-hybridized carbons (Fsp3) is 0.667. The molecule has 3 heterocycles. The number of hydrogen-bond acceptors (Lipinski definition) is 4. The van der Waals surface area contributed by atoms with E-state index >= 15 is 0 Å². The van der Waals surface area contributed by atoms with Crippen molar-refractivity contribution in [3.63, 3.8) is 0 Å². The maximum absolute atomic E-state index is 14.7. The van der Waals surface area contributed by atoms with Gasteiger partial charge in [0.25, 0.3) is 0 Å². The average molecular weight is 517 g/mol. The molecule has 3 unspecified atom stereocenters. The Labute approximate surface area is 190 Å². The molecular weight excluding hydrogens is 484 g/mol. The van der Waals surface area contributed by atoms with Crippen molar-refractivity contribution in [1.29, 1.82) is 0 Å². The zero-order valence-electron chi connectivity index (χ0n) is 17.4. The molecule has 3 fully saturated rings. The summed E-state index contributed by atoms with van der Waals surface area (Å²) < 4.78 is 20.6. The van der Waals surface area contributed by atoms with Crippen molar-refractivity contribution in [3.8, 4) is 0 Å². The number of benzene rings is 1. The van der Waals surface area contributed by atoms with E-state index in [-0.39, 0.29) is 29.8 Å². The summed E-state index contributed by atoms with van der Waals surface area (Å²) in [6.45, 7) is 7.52. The fourth-order valence-electron chi connectivity index (χ4n) is 4.57. The first-order valence-corrected chi connectivity index (χ1v) is 10.5. The SMILES string of the molecule is CCN1CCN(c2ccc(CNC(=NC)NC3CC4CCC3O4)cc2F)CC1.I. The van der Waals surface area contributed by atoms with E-state index in [2.05, 4.69) is 32.3 Å². The summed E-state index contributed by atoms with van der Waals surface area (Å²) >= 11 is 0. The van der Waals surface area contributed by atoms with Crippen molar-refractivity contribution in [2.24, 2.45) is 4.99 Å². The molecule has 0 saturated carbocycles. The Balaban J connectivity index is 0.00000240. The van der Waals surface area contributed by atoms with Gasteiger partial charge in [-0.3, -0.25) is 4.99 Å². The number of nitrogens with zero attached hydrogens (tertiary/aromatic N) is 3. The first-order valence-electron chi connectivity index (χ1n) is 10.5. The van der Waals surface area contributed by atoms with Crippen molar-refractivity contribution in [1.82, 2.24) is 15.5 Å². The summed E-state index contributed by atoms with van der Waals surface area (Å²) in [6, 6.07) is 5.88. The quantitative estimate of drug-likeness (QED) is 0.358. The molecule has 162 valence electrons. The summed E-state index contributed by atoms with van der Waals surface area (Å²) in [6.07, 6.45) is 4.04. The van der Waals surface area contributed by atoms with Crippen molar-refractivity contribution >= 4 is 35.6 Å². The molecule has 8 heteroatoms. The fourth-order valence-corrected chi connectivity index (χ4v) is 4.57. The third-order valence-electron chi connectivity index (χ3n) is 6.28. The van der Waals surface area contributed by atoms with Crippen LogP contribution < -0.4 is 15.5 Å². The molecule has 3 saturated heterocycles. The van der Waals surface area contributed by atoms with Gasteiger partial charge in [0.1, 0.15) is 5.82 Å². The second-order valence-electron chi connectivity index (χ2n) is 7.99. The zero-order valence-corrected chi connectivity index (χ0v) is 19.7. The van der Waals surface area contributed by atoms with Crippen LogP contribution in [0.3, 0.4) is 0 Å². The number of hydrogen-bond donors (Lipinski definition) is 2. The number of halogens is 2. The van der Waals surface area contributed by atoms with Gasteiger partial charge in [0.05, 0.1) is 23.9 Å². The highest BCUT2D eigenvalue weighted by Crippen LogP contribution is 2.34. The van der Waals surface area contributed by atoms with E-state index < -0.39 is 0 Å². The Morgan fingerprint density at radius 1 is 1.24 bits per heavy atom. The second kappa shape index (κ2) is 10.3. The van der Waals surface area contributed by atoms with Crippen LogP contribution in [0.2, 0.25) is 0 Å². The maximum Gasteiger partial charge on any atom is 0.191 e.